The van der Waals surface area contributed by atoms with Gasteiger partial charge in [-0.1, -0.05) is 36.0 Å². The van der Waals surface area contributed by atoms with Gasteiger partial charge in [-0.05, 0) is 25.0 Å². The Bertz CT molecular complexity index is 496. The van der Waals surface area contributed by atoms with Gasteiger partial charge >= 0.3 is 0 Å². The standard InChI is InChI=1S/C15H19Cl2NO3/c16-11-6-5-10(9-12(11)17)21-8-7-15(20)18-13-3-1-2-4-14(13)19/h5-6,9,13-14,19H,1-4,7-8H2,(H,18,20)/t13-,14-/m1/s1. The highest BCUT2D eigenvalue weighted by atomic mass is 35.5. The molecule has 2 atom stereocenters. The normalized spacial score (nSPS) is 21.9. The highest BCUT2D eigenvalue weighted by Gasteiger charge is 2.24. The lowest BCUT2D eigenvalue weighted by Crippen LogP contribution is -2.45. The molecule has 1 aromatic rings. The second-order valence-corrected chi connectivity index (χ2v) is 6.01. The Kier molecular flexibility index (Phi) is 6.15. The van der Waals surface area contributed by atoms with E-state index in [1.54, 1.807) is 18.2 Å². The highest BCUT2D eigenvalue weighted by molar-refractivity contribution is 6.42. The molecule has 1 aliphatic rings. The quantitative estimate of drug-likeness (QED) is 0.871. The predicted molar refractivity (Wildman–Crippen MR) is 83.0 cm³/mol. The van der Waals surface area contributed by atoms with E-state index in [0.29, 0.717) is 15.8 Å². The zero-order valence-electron chi connectivity index (χ0n) is 11.6. The minimum atomic E-state index is -0.432. The summed E-state index contributed by atoms with van der Waals surface area (Å²) >= 11 is 11.7. The van der Waals surface area contributed by atoms with E-state index >= 15 is 0 Å². The number of nitrogens with one attached hydrogen (secondary N) is 1. The largest absolute Gasteiger partial charge is 0.493 e. The summed E-state index contributed by atoms with van der Waals surface area (Å²) in [4.78, 5) is 11.8. The van der Waals surface area contributed by atoms with Crippen LogP contribution in [-0.2, 0) is 4.79 Å². The minimum Gasteiger partial charge on any atom is -0.493 e. The van der Waals surface area contributed by atoms with Crippen LogP contribution in [0.2, 0.25) is 10.0 Å². The lowest BCUT2D eigenvalue weighted by Gasteiger charge is -2.28. The van der Waals surface area contributed by atoms with Crippen LogP contribution in [0.4, 0.5) is 0 Å². The Labute approximate surface area is 134 Å². The molecule has 6 heteroatoms. The van der Waals surface area contributed by atoms with E-state index < -0.39 is 6.10 Å². The van der Waals surface area contributed by atoms with Gasteiger partial charge in [-0.15, -0.1) is 0 Å². The maximum Gasteiger partial charge on any atom is 0.223 e. The molecule has 2 N–H and O–H groups in total. The molecule has 0 spiro atoms. The molecule has 0 unspecified atom stereocenters. The fourth-order valence-electron chi connectivity index (χ4n) is 2.39. The Morgan fingerprint density at radius 2 is 2.05 bits per heavy atom. The van der Waals surface area contributed by atoms with E-state index in [1.807, 2.05) is 0 Å². The van der Waals surface area contributed by atoms with Gasteiger partial charge in [-0.3, -0.25) is 4.79 Å². The lowest BCUT2D eigenvalue weighted by atomic mass is 9.92. The smallest absolute Gasteiger partial charge is 0.223 e. The van der Waals surface area contributed by atoms with Crippen LogP contribution in [0.3, 0.4) is 0 Å². The number of rotatable bonds is 5. The number of ether oxygens (including phenoxy) is 1. The van der Waals surface area contributed by atoms with Gasteiger partial charge < -0.3 is 15.2 Å². The van der Waals surface area contributed by atoms with Crippen LogP contribution in [0.15, 0.2) is 18.2 Å². The third kappa shape index (κ3) is 5.06. The SMILES string of the molecule is O=C(CCOc1ccc(Cl)c(Cl)c1)N[C@@H]1CCCC[C@H]1O. The molecule has 0 bridgehead atoms. The maximum atomic E-state index is 11.8. The average molecular weight is 332 g/mol. The summed E-state index contributed by atoms with van der Waals surface area (Å²) in [6.07, 6.45) is 3.46. The van der Waals surface area contributed by atoms with Gasteiger partial charge in [0.15, 0.2) is 0 Å². The van der Waals surface area contributed by atoms with Gasteiger partial charge in [0.2, 0.25) is 5.91 Å². The number of halogens is 2. The molecule has 0 radical (unpaired) electrons. The molecule has 4 nitrogen and oxygen atoms in total. The molecule has 1 aromatic carbocycles. The topological polar surface area (TPSA) is 58.6 Å². The van der Waals surface area contributed by atoms with Crippen molar-refractivity contribution in [3.63, 3.8) is 0 Å². The molecule has 21 heavy (non-hydrogen) atoms. The molecule has 1 amide bonds. The van der Waals surface area contributed by atoms with Gasteiger partial charge in [0.05, 0.1) is 35.2 Å². The summed E-state index contributed by atoms with van der Waals surface area (Å²) < 4.78 is 5.46. The molecule has 0 saturated heterocycles. The van der Waals surface area contributed by atoms with Crippen LogP contribution in [0.1, 0.15) is 32.1 Å². The number of carbonyl (C=O) groups excluding carboxylic acids is 1. The van der Waals surface area contributed by atoms with E-state index in [9.17, 15) is 9.90 Å². The summed E-state index contributed by atoms with van der Waals surface area (Å²) in [5.41, 5.74) is 0. The summed E-state index contributed by atoms with van der Waals surface area (Å²) in [6, 6.07) is 4.85. The first-order valence-corrected chi connectivity index (χ1v) is 7.87. The van der Waals surface area contributed by atoms with Crippen molar-refractivity contribution in [1.29, 1.82) is 0 Å². The molecular formula is C15H19Cl2NO3. The first-order valence-electron chi connectivity index (χ1n) is 7.11. The Balaban J connectivity index is 1.72. The van der Waals surface area contributed by atoms with Crippen molar-refractivity contribution in [2.75, 3.05) is 6.61 Å². The minimum absolute atomic E-state index is 0.110. The van der Waals surface area contributed by atoms with Crippen LogP contribution in [0.5, 0.6) is 5.75 Å². The monoisotopic (exact) mass is 331 g/mol. The molecular weight excluding hydrogens is 313 g/mol. The molecule has 116 valence electrons. The second kappa shape index (κ2) is 7.87. The number of hydrogen-bond acceptors (Lipinski definition) is 3. The van der Waals surface area contributed by atoms with E-state index in [1.165, 1.54) is 0 Å². The van der Waals surface area contributed by atoms with Crippen LogP contribution < -0.4 is 10.1 Å². The van der Waals surface area contributed by atoms with Gasteiger partial charge in [-0.2, -0.15) is 0 Å². The summed E-state index contributed by atoms with van der Waals surface area (Å²) in [5, 5.41) is 13.6. The van der Waals surface area contributed by atoms with E-state index in [2.05, 4.69) is 5.32 Å². The molecule has 1 saturated carbocycles. The zero-order chi connectivity index (χ0) is 15.2. The molecule has 1 aliphatic carbocycles. The lowest BCUT2D eigenvalue weighted by molar-refractivity contribution is -0.123. The molecule has 0 aromatic heterocycles. The molecule has 1 fully saturated rings. The van der Waals surface area contributed by atoms with E-state index in [0.717, 1.165) is 25.7 Å². The van der Waals surface area contributed by atoms with Crippen LogP contribution >= 0.6 is 23.2 Å². The summed E-state index contributed by atoms with van der Waals surface area (Å²) in [6.45, 7) is 0.257. The zero-order valence-corrected chi connectivity index (χ0v) is 13.2. The Hall–Kier alpha value is -0.970. The van der Waals surface area contributed by atoms with Crippen molar-refractivity contribution < 1.29 is 14.6 Å². The Morgan fingerprint density at radius 3 is 2.76 bits per heavy atom. The third-order valence-electron chi connectivity index (χ3n) is 3.56. The van der Waals surface area contributed by atoms with Crippen molar-refractivity contribution >= 4 is 29.1 Å². The number of hydrogen-bond donors (Lipinski definition) is 2. The molecule has 0 aliphatic heterocycles. The molecule has 2 rings (SSSR count). The van der Waals surface area contributed by atoms with Gasteiger partial charge in [-0.25, -0.2) is 0 Å². The fraction of sp³-hybridized carbons (Fsp3) is 0.533. The number of amides is 1. The summed E-state index contributed by atoms with van der Waals surface area (Å²) in [7, 11) is 0. The van der Waals surface area contributed by atoms with Crippen molar-refractivity contribution in [2.45, 2.75) is 44.2 Å². The average Bonchev–Trinajstić information content (AvgIpc) is 2.45. The van der Waals surface area contributed by atoms with Crippen molar-refractivity contribution in [3.05, 3.63) is 28.2 Å². The Morgan fingerprint density at radius 1 is 1.29 bits per heavy atom. The van der Waals surface area contributed by atoms with Crippen molar-refractivity contribution in [1.82, 2.24) is 5.32 Å². The molecule has 0 heterocycles. The maximum absolute atomic E-state index is 11.8. The number of benzene rings is 1. The first-order chi connectivity index (χ1) is 10.1. The van der Waals surface area contributed by atoms with Crippen molar-refractivity contribution in [2.24, 2.45) is 0 Å². The van der Waals surface area contributed by atoms with Gasteiger partial charge in [0.25, 0.3) is 0 Å². The van der Waals surface area contributed by atoms with E-state index in [-0.39, 0.29) is 25.0 Å². The number of aliphatic hydroxyl groups excluding tert-OH is 1. The summed E-state index contributed by atoms with van der Waals surface area (Å²) in [5.74, 6) is 0.468. The van der Waals surface area contributed by atoms with Crippen LogP contribution in [0, 0.1) is 0 Å². The van der Waals surface area contributed by atoms with Gasteiger partial charge in [0.1, 0.15) is 5.75 Å². The number of aliphatic hydroxyl groups is 1. The third-order valence-corrected chi connectivity index (χ3v) is 4.30. The second-order valence-electron chi connectivity index (χ2n) is 5.20. The van der Waals surface area contributed by atoms with Gasteiger partial charge in [0, 0.05) is 6.07 Å². The van der Waals surface area contributed by atoms with E-state index in [4.69, 9.17) is 27.9 Å². The fourth-order valence-corrected chi connectivity index (χ4v) is 2.67. The van der Waals surface area contributed by atoms with Crippen LogP contribution in [0.25, 0.3) is 0 Å². The number of carbonyl (C=O) groups is 1. The van der Waals surface area contributed by atoms with Crippen LogP contribution in [-0.4, -0.2) is 29.8 Å². The highest BCUT2D eigenvalue weighted by Crippen LogP contribution is 2.26. The first kappa shape index (κ1) is 16.4. The predicted octanol–water partition coefficient (Wildman–Crippen LogP) is 3.18. The van der Waals surface area contributed by atoms with Crippen molar-refractivity contribution in [3.8, 4) is 5.75 Å².